The third-order valence-corrected chi connectivity index (χ3v) is 2.94. The summed E-state index contributed by atoms with van der Waals surface area (Å²) >= 11 is 0. The number of piperidine rings is 1. The average Bonchev–Trinajstić information content (AvgIpc) is 2.66. The summed E-state index contributed by atoms with van der Waals surface area (Å²) in [5, 5.41) is 3.32. The van der Waals surface area contributed by atoms with Crippen molar-refractivity contribution in [1.82, 2.24) is 14.9 Å². The number of carbonyl (C=O) groups excluding carboxylic acids is 1. The van der Waals surface area contributed by atoms with Gasteiger partial charge in [-0.2, -0.15) is 0 Å². The van der Waals surface area contributed by atoms with Gasteiger partial charge in [-0.15, -0.1) is 0 Å². The minimum Gasteiger partial charge on any atom is -0.332 e. The number of Topliss-reactive ketones (excluding diaryl/α,β-unsaturated/α-hetero) is 1. The first-order valence-electron chi connectivity index (χ1n) is 5.48. The van der Waals surface area contributed by atoms with Crippen molar-refractivity contribution in [3.63, 3.8) is 0 Å². The van der Waals surface area contributed by atoms with Gasteiger partial charge in [-0.25, -0.2) is 4.98 Å². The molecule has 0 aromatic carbocycles. The molecule has 1 atom stereocenters. The van der Waals surface area contributed by atoms with Crippen LogP contribution in [0.2, 0.25) is 0 Å². The summed E-state index contributed by atoms with van der Waals surface area (Å²) in [5.41, 5.74) is 0. The van der Waals surface area contributed by atoms with Gasteiger partial charge in [-0.1, -0.05) is 0 Å². The highest BCUT2D eigenvalue weighted by Crippen LogP contribution is 2.16. The Labute approximate surface area is 89.7 Å². The number of ketones is 1. The lowest BCUT2D eigenvalue weighted by molar-refractivity contribution is 0.0940. The van der Waals surface area contributed by atoms with E-state index in [1.54, 1.807) is 10.8 Å². The van der Waals surface area contributed by atoms with Crippen molar-refractivity contribution in [3.05, 3.63) is 18.2 Å². The van der Waals surface area contributed by atoms with Crippen LogP contribution in [0.4, 0.5) is 0 Å². The smallest absolute Gasteiger partial charge is 0.198 e. The molecule has 82 valence electrons. The summed E-state index contributed by atoms with van der Waals surface area (Å²) in [4.78, 5) is 16.0. The first kappa shape index (κ1) is 10.4. The van der Waals surface area contributed by atoms with Crippen LogP contribution in [0.3, 0.4) is 0 Å². The number of imidazole rings is 1. The van der Waals surface area contributed by atoms with E-state index in [2.05, 4.69) is 10.3 Å². The van der Waals surface area contributed by atoms with Gasteiger partial charge in [0.05, 0.1) is 0 Å². The van der Waals surface area contributed by atoms with Gasteiger partial charge in [0, 0.05) is 25.9 Å². The molecule has 1 aromatic heterocycles. The molecule has 4 nitrogen and oxygen atoms in total. The Morgan fingerprint density at radius 3 is 3.20 bits per heavy atom. The molecule has 1 fully saturated rings. The van der Waals surface area contributed by atoms with Gasteiger partial charge in [0.25, 0.3) is 0 Å². The second kappa shape index (κ2) is 4.57. The second-order valence-electron chi connectivity index (χ2n) is 4.20. The van der Waals surface area contributed by atoms with Crippen molar-refractivity contribution in [3.8, 4) is 0 Å². The Hall–Kier alpha value is -1.16. The Morgan fingerprint density at radius 1 is 1.73 bits per heavy atom. The zero-order valence-electron chi connectivity index (χ0n) is 9.07. The third kappa shape index (κ3) is 2.45. The van der Waals surface area contributed by atoms with E-state index in [0.717, 1.165) is 19.5 Å². The predicted molar refractivity (Wildman–Crippen MR) is 57.7 cm³/mol. The Balaban J connectivity index is 1.94. The van der Waals surface area contributed by atoms with Crippen LogP contribution in [0, 0.1) is 5.92 Å². The molecule has 2 rings (SSSR count). The maximum absolute atomic E-state index is 11.9. The SMILES string of the molecule is Cn1ccnc1C(=O)CC1CCCNC1. The van der Waals surface area contributed by atoms with Crippen molar-refractivity contribution in [2.24, 2.45) is 13.0 Å². The first-order valence-corrected chi connectivity index (χ1v) is 5.48. The van der Waals surface area contributed by atoms with E-state index in [0.29, 0.717) is 18.2 Å². The fourth-order valence-electron chi connectivity index (χ4n) is 2.09. The summed E-state index contributed by atoms with van der Waals surface area (Å²) < 4.78 is 1.79. The number of carbonyl (C=O) groups is 1. The number of nitrogens with zero attached hydrogens (tertiary/aromatic N) is 2. The van der Waals surface area contributed by atoms with Crippen molar-refractivity contribution in [2.75, 3.05) is 13.1 Å². The van der Waals surface area contributed by atoms with E-state index in [-0.39, 0.29) is 5.78 Å². The van der Waals surface area contributed by atoms with Crippen LogP contribution in [-0.2, 0) is 7.05 Å². The maximum Gasteiger partial charge on any atom is 0.198 e. The highest BCUT2D eigenvalue weighted by molar-refractivity contribution is 5.92. The third-order valence-electron chi connectivity index (χ3n) is 2.94. The summed E-state index contributed by atoms with van der Waals surface area (Å²) in [5.74, 6) is 1.24. The molecule has 0 spiro atoms. The van der Waals surface area contributed by atoms with Crippen molar-refractivity contribution in [2.45, 2.75) is 19.3 Å². The number of aromatic nitrogens is 2. The normalized spacial score (nSPS) is 21.5. The predicted octanol–water partition coefficient (Wildman–Crippen LogP) is 0.992. The Bertz CT molecular complexity index is 339. The molecule has 1 saturated heterocycles. The fraction of sp³-hybridized carbons (Fsp3) is 0.636. The Morgan fingerprint density at radius 2 is 2.60 bits per heavy atom. The molecule has 0 radical (unpaired) electrons. The van der Waals surface area contributed by atoms with Gasteiger partial charge < -0.3 is 9.88 Å². The van der Waals surface area contributed by atoms with Gasteiger partial charge >= 0.3 is 0 Å². The molecular formula is C11H17N3O. The monoisotopic (exact) mass is 207 g/mol. The molecule has 4 heteroatoms. The quantitative estimate of drug-likeness (QED) is 0.752. The topological polar surface area (TPSA) is 46.9 Å². The molecule has 1 aliphatic rings. The molecule has 15 heavy (non-hydrogen) atoms. The molecule has 0 aliphatic carbocycles. The summed E-state index contributed by atoms with van der Waals surface area (Å²) in [6.07, 6.45) is 6.44. The number of hydrogen-bond acceptors (Lipinski definition) is 3. The molecule has 0 amide bonds. The standard InChI is InChI=1S/C11H17N3O/c1-14-6-5-13-11(14)10(15)7-9-3-2-4-12-8-9/h5-6,9,12H,2-4,7-8H2,1H3. The lowest BCUT2D eigenvalue weighted by Gasteiger charge is -2.21. The number of aryl methyl sites for hydroxylation is 1. The molecule has 1 N–H and O–H groups in total. The summed E-state index contributed by atoms with van der Waals surface area (Å²) in [6, 6.07) is 0. The molecule has 0 bridgehead atoms. The largest absolute Gasteiger partial charge is 0.332 e. The van der Waals surface area contributed by atoms with E-state index in [4.69, 9.17) is 0 Å². The summed E-state index contributed by atoms with van der Waals surface area (Å²) in [7, 11) is 1.86. The van der Waals surface area contributed by atoms with E-state index in [1.807, 2.05) is 13.2 Å². The molecule has 0 saturated carbocycles. The van der Waals surface area contributed by atoms with Crippen molar-refractivity contribution in [1.29, 1.82) is 0 Å². The molecule has 2 heterocycles. The fourth-order valence-corrected chi connectivity index (χ4v) is 2.09. The van der Waals surface area contributed by atoms with Gasteiger partial charge in [0.15, 0.2) is 11.6 Å². The van der Waals surface area contributed by atoms with Gasteiger partial charge in [-0.05, 0) is 31.8 Å². The number of rotatable bonds is 3. The highest BCUT2D eigenvalue weighted by Gasteiger charge is 2.19. The second-order valence-corrected chi connectivity index (χ2v) is 4.20. The maximum atomic E-state index is 11.9. The van der Waals surface area contributed by atoms with E-state index in [9.17, 15) is 4.79 Å². The van der Waals surface area contributed by atoms with E-state index < -0.39 is 0 Å². The van der Waals surface area contributed by atoms with Crippen LogP contribution in [0.25, 0.3) is 0 Å². The lowest BCUT2D eigenvalue weighted by atomic mass is 9.94. The van der Waals surface area contributed by atoms with E-state index >= 15 is 0 Å². The minimum absolute atomic E-state index is 0.163. The van der Waals surface area contributed by atoms with Gasteiger partial charge in [0.2, 0.25) is 0 Å². The highest BCUT2D eigenvalue weighted by atomic mass is 16.1. The molecule has 1 aromatic rings. The van der Waals surface area contributed by atoms with Crippen LogP contribution >= 0.6 is 0 Å². The summed E-state index contributed by atoms with van der Waals surface area (Å²) in [6.45, 7) is 2.06. The minimum atomic E-state index is 0.163. The first-order chi connectivity index (χ1) is 7.27. The van der Waals surface area contributed by atoms with Gasteiger partial charge in [-0.3, -0.25) is 4.79 Å². The van der Waals surface area contributed by atoms with Crippen molar-refractivity contribution >= 4 is 5.78 Å². The zero-order valence-corrected chi connectivity index (χ0v) is 9.07. The van der Waals surface area contributed by atoms with Crippen LogP contribution in [0.1, 0.15) is 29.9 Å². The molecular weight excluding hydrogens is 190 g/mol. The van der Waals surface area contributed by atoms with Crippen LogP contribution in [0.15, 0.2) is 12.4 Å². The van der Waals surface area contributed by atoms with Crippen LogP contribution in [0.5, 0.6) is 0 Å². The number of hydrogen-bond donors (Lipinski definition) is 1. The average molecular weight is 207 g/mol. The van der Waals surface area contributed by atoms with Crippen LogP contribution < -0.4 is 5.32 Å². The van der Waals surface area contributed by atoms with E-state index in [1.165, 1.54) is 6.42 Å². The van der Waals surface area contributed by atoms with Gasteiger partial charge in [0.1, 0.15) is 0 Å². The molecule has 1 aliphatic heterocycles. The molecule has 1 unspecified atom stereocenters. The zero-order chi connectivity index (χ0) is 10.7. The lowest BCUT2D eigenvalue weighted by Crippen LogP contribution is -2.31. The number of nitrogens with one attached hydrogen (secondary N) is 1. The van der Waals surface area contributed by atoms with Crippen molar-refractivity contribution < 1.29 is 4.79 Å². The Kier molecular flexibility index (Phi) is 3.16. The van der Waals surface area contributed by atoms with Crippen LogP contribution in [-0.4, -0.2) is 28.4 Å².